The van der Waals surface area contributed by atoms with Gasteiger partial charge in [-0.3, -0.25) is 9.97 Å². The molecule has 8 nitrogen and oxygen atoms in total. The van der Waals surface area contributed by atoms with E-state index >= 15 is 0 Å². The number of rotatable bonds is 6. The summed E-state index contributed by atoms with van der Waals surface area (Å²) in [5.41, 5.74) is 9.52. The van der Waals surface area contributed by atoms with Crippen molar-refractivity contribution in [1.29, 1.82) is 0 Å². The zero-order chi connectivity index (χ0) is 48.0. The predicted molar refractivity (Wildman–Crippen MR) is 272 cm³/mol. The minimum atomic E-state index is -1.15. The number of benzene rings is 6. The molecule has 338 valence electrons. The second-order valence-corrected chi connectivity index (χ2v) is 18.2. The number of aromatic nitrogens is 8. The molecule has 10 aromatic rings. The Hall–Kier alpha value is -7.98. The molecule has 0 unspecified atom stereocenters. The monoisotopic (exact) mass is 898 g/mol. The number of pyridine rings is 2. The van der Waals surface area contributed by atoms with E-state index < -0.39 is 12.2 Å². The highest BCUT2D eigenvalue weighted by Crippen LogP contribution is 2.32. The molecule has 10 heteroatoms. The van der Waals surface area contributed by atoms with E-state index in [0.29, 0.717) is 23.0 Å². The maximum atomic E-state index is 13.2. The third kappa shape index (κ3) is 10.8. The first-order valence-electron chi connectivity index (χ1n) is 22.7. The van der Waals surface area contributed by atoms with E-state index in [0.717, 1.165) is 60.8 Å². The lowest BCUT2D eigenvalue weighted by Gasteiger charge is -2.19. The molecule has 0 aliphatic heterocycles. The molecular formula is C58H52F2N8. The van der Waals surface area contributed by atoms with Gasteiger partial charge in [-0.05, 0) is 57.0 Å². The zero-order valence-electron chi connectivity index (χ0n) is 39.5. The first-order valence-corrected chi connectivity index (χ1v) is 22.7. The standard InChI is InChI=1S/C38H36N4.C18H10F2N4.C2H6/c1-37(2,3)31-18-14-25(15-19-31)34-40-35(26-16-20-32(21-17-26)38(4,5)6)42-36(41-34)29-13-9-12-28(22-29)33-23-27-10-7-8-11-30(27)24-39-33;19-17-22-16(23-18(20)24-17)13-7-3-6-12(8-13)15-9-11-4-1-2-5-14(11)10-21-15;1-2/h7-24H,1-6H3;1-10H;1-2H3. The van der Waals surface area contributed by atoms with E-state index in [1.807, 2.05) is 68.6 Å². The van der Waals surface area contributed by atoms with Crippen molar-refractivity contribution in [2.24, 2.45) is 0 Å². The van der Waals surface area contributed by atoms with Gasteiger partial charge in [0.05, 0.1) is 11.4 Å². The van der Waals surface area contributed by atoms with Crippen molar-refractivity contribution in [2.45, 2.75) is 66.2 Å². The highest BCUT2D eigenvalue weighted by Gasteiger charge is 2.18. The number of halogens is 2. The third-order valence-electron chi connectivity index (χ3n) is 11.3. The van der Waals surface area contributed by atoms with Gasteiger partial charge in [0, 0.05) is 56.5 Å². The molecule has 0 spiro atoms. The largest absolute Gasteiger partial charge is 0.314 e. The molecule has 6 aromatic carbocycles. The summed E-state index contributed by atoms with van der Waals surface area (Å²) in [4.78, 5) is 34.1. The normalized spacial score (nSPS) is 11.4. The Balaban J connectivity index is 0.000000203. The van der Waals surface area contributed by atoms with Crippen LogP contribution in [0.2, 0.25) is 0 Å². The molecule has 0 aliphatic carbocycles. The molecule has 10 rings (SSSR count). The van der Waals surface area contributed by atoms with Crippen LogP contribution in [0.3, 0.4) is 0 Å². The molecule has 4 aromatic heterocycles. The number of hydrogen-bond acceptors (Lipinski definition) is 8. The molecule has 0 N–H and O–H groups in total. The molecule has 0 aliphatic rings. The Morgan fingerprint density at radius 3 is 1.04 bits per heavy atom. The minimum absolute atomic E-state index is 0.0531. The van der Waals surface area contributed by atoms with Crippen molar-refractivity contribution in [3.05, 3.63) is 193 Å². The van der Waals surface area contributed by atoms with E-state index in [1.165, 1.54) is 11.1 Å². The smallest absolute Gasteiger partial charge is 0.256 e. The fourth-order valence-electron chi connectivity index (χ4n) is 7.57. The van der Waals surface area contributed by atoms with Gasteiger partial charge < -0.3 is 0 Å². The Kier molecular flexibility index (Phi) is 13.6. The van der Waals surface area contributed by atoms with Crippen molar-refractivity contribution >= 4 is 21.5 Å². The second kappa shape index (κ2) is 19.9. The van der Waals surface area contributed by atoms with Crippen molar-refractivity contribution in [3.8, 4) is 68.1 Å². The van der Waals surface area contributed by atoms with Gasteiger partial charge in [-0.2, -0.15) is 23.7 Å². The molecule has 0 atom stereocenters. The molecule has 0 amide bonds. The molecule has 0 bridgehead atoms. The lowest BCUT2D eigenvalue weighted by atomic mass is 9.86. The van der Waals surface area contributed by atoms with Gasteiger partial charge in [-0.25, -0.2) is 15.0 Å². The van der Waals surface area contributed by atoms with Crippen LogP contribution in [-0.2, 0) is 10.8 Å². The molecule has 4 heterocycles. The average Bonchev–Trinajstić information content (AvgIpc) is 3.36. The molecule has 0 fully saturated rings. The Labute approximate surface area is 396 Å². The SMILES string of the molecule is CC.CC(C)(C)c1ccc(-c2nc(-c3ccc(C(C)(C)C)cc3)nc(-c3cccc(-c4cc5ccccc5cn4)c3)n2)cc1.Fc1nc(F)nc(-c2cccc(-c3cc4ccccc4cn3)c2)n1. The van der Waals surface area contributed by atoms with Crippen LogP contribution < -0.4 is 0 Å². The lowest BCUT2D eigenvalue weighted by molar-refractivity contribution is 0.457. The lowest BCUT2D eigenvalue weighted by Crippen LogP contribution is -2.10. The topological polar surface area (TPSA) is 103 Å². The van der Waals surface area contributed by atoms with Gasteiger partial charge >= 0.3 is 12.2 Å². The molecule has 68 heavy (non-hydrogen) atoms. The van der Waals surface area contributed by atoms with Crippen molar-refractivity contribution in [1.82, 2.24) is 39.9 Å². The first kappa shape index (κ1) is 46.5. The van der Waals surface area contributed by atoms with Gasteiger partial charge in [0.15, 0.2) is 23.3 Å². The Bertz CT molecular complexity index is 3260. The van der Waals surface area contributed by atoms with Crippen molar-refractivity contribution < 1.29 is 8.78 Å². The van der Waals surface area contributed by atoms with Crippen LogP contribution in [-0.4, -0.2) is 39.9 Å². The predicted octanol–water partition coefficient (Wildman–Crippen LogP) is 14.7. The van der Waals surface area contributed by atoms with E-state index in [9.17, 15) is 8.78 Å². The molecule has 0 saturated heterocycles. The molecule has 0 radical (unpaired) electrons. The van der Waals surface area contributed by atoms with Gasteiger partial charge in [0.25, 0.3) is 0 Å². The third-order valence-corrected chi connectivity index (χ3v) is 11.3. The van der Waals surface area contributed by atoms with E-state index in [4.69, 9.17) is 19.9 Å². The van der Waals surface area contributed by atoms with Crippen LogP contribution in [0.15, 0.2) is 170 Å². The summed E-state index contributed by atoms with van der Waals surface area (Å²) in [5.74, 6) is 1.90. The van der Waals surface area contributed by atoms with Crippen molar-refractivity contribution in [2.75, 3.05) is 0 Å². The van der Waals surface area contributed by atoms with Crippen LogP contribution in [0, 0.1) is 12.2 Å². The van der Waals surface area contributed by atoms with Gasteiger partial charge in [-0.15, -0.1) is 0 Å². The van der Waals surface area contributed by atoms with Gasteiger partial charge in [-0.1, -0.05) is 189 Å². The van der Waals surface area contributed by atoms with Gasteiger partial charge in [0.2, 0.25) is 0 Å². The summed E-state index contributed by atoms with van der Waals surface area (Å²) in [7, 11) is 0. The maximum absolute atomic E-state index is 13.2. The van der Waals surface area contributed by atoms with Crippen LogP contribution >= 0.6 is 0 Å². The maximum Gasteiger partial charge on any atom is 0.314 e. The van der Waals surface area contributed by atoms with Crippen LogP contribution in [0.25, 0.3) is 89.6 Å². The Morgan fingerprint density at radius 2 is 0.662 bits per heavy atom. The fraction of sp³-hybridized carbons (Fsp3) is 0.172. The molecular weight excluding hydrogens is 847 g/mol. The first-order chi connectivity index (χ1) is 32.7. The fourth-order valence-corrected chi connectivity index (χ4v) is 7.57. The number of fused-ring (bicyclic) bond motifs is 2. The number of nitrogens with zero attached hydrogens (tertiary/aromatic N) is 8. The van der Waals surface area contributed by atoms with E-state index in [-0.39, 0.29) is 16.7 Å². The summed E-state index contributed by atoms with van der Waals surface area (Å²) >= 11 is 0. The minimum Gasteiger partial charge on any atom is -0.256 e. The summed E-state index contributed by atoms with van der Waals surface area (Å²) in [6, 6.07) is 52.8. The quantitative estimate of drug-likeness (QED) is 0.163. The van der Waals surface area contributed by atoms with E-state index in [2.05, 4.69) is 152 Å². The van der Waals surface area contributed by atoms with Crippen LogP contribution in [0.4, 0.5) is 8.78 Å². The summed E-state index contributed by atoms with van der Waals surface area (Å²) in [6.45, 7) is 17.3. The summed E-state index contributed by atoms with van der Waals surface area (Å²) < 4.78 is 26.4. The highest BCUT2D eigenvalue weighted by molar-refractivity contribution is 5.86. The number of hydrogen-bond donors (Lipinski definition) is 0. The average molecular weight is 899 g/mol. The van der Waals surface area contributed by atoms with Crippen molar-refractivity contribution in [3.63, 3.8) is 0 Å². The molecule has 0 saturated carbocycles. The van der Waals surface area contributed by atoms with Crippen LogP contribution in [0.1, 0.15) is 66.5 Å². The summed E-state index contributed by atoms with van der Waals surface area (Å²) in [6.07, 6.45) is 1.43. The van der Waals surface area contributed by atoms with Gasteiger partial charge in [0.1, 0.15) is 0 Å². The second-order valence-electron chi connectivity index (χ2n) is 18.2. The zero-order valence-corrected chi connectivity index (χ0v) is 39.5. The highest BCUT2D eigenvalue weighted by atomic mass is 19.1. The van der Waals surface area contributed by atoms with E-state index in [1.54, 1.807) is 24.4 Å². The Morgan fingerprint density at radius 1 is 0.324 bits per heavy atom. The van der Waals surface area contributed by atoms with Crippen LogP contribution in [0.5, 0.6) is 0 Å². The summed E-state index contributed by atoms with van der Waals surface area (Å²) in [5, 5.41) is 4.39.